The molecule has 100 valence electrons. The smallest absolute Gasteiger partial charge is 0.0724 e. The van der Waals surface area contributed by atoms with E-state index in [4.69, 9.17) is 10.5 Å². The van der Waals surface area contributed by atoms with Crippen LogP contribution in [0.5, 0.6) is 0 Å². The Balaban J connectivity index is 1.96. The van der Waals surface area contributed by atoms with Crippen LogP contribution in [0, 0.1) is 11.8 Å². The molecule has 4 unspecified atom stereocenters. The summed E-state index contributed by atoms with van der Waals surface area (Å²) in [7, 11) is 1.85. The lowest BCUT2D eigenvalue weighted by atomic mass is 9.82. The van der Waals surface area contributed by atoms with E-state index in [9.17, 15) is 0 Å². The third-order valence-corrected chi connectivity index (χ3v) is 4.86. The summed E-state index contributed by atoms with van der Waals surface area (Å²) < 4.78 is 5.62. The van der Waals surface area contributed by atoms with Gasteiger partial charge in [0.2, 0.25) is 0 Å². The highest BCUT2D eigenvalue weighted by atomic mass is 16.5. The maximum absolute atomic E-state index is 5.94. The number of hydrogen-bond donors (Lipinski definition) is 1. The largest absolute Gasteiger partial charge is 0.380 e. The number of piperidine rings is 1. The summed E-state index contributed by atoms with van der Waals surface area (Å²) in [5.41, 5.74) is 5.94. The van der Waals surface area contributed by atoms with E-state index in [1.165, 1.54) is 38.6 Å². The van der Waals surface area contributed by atoms with E-state index in [-0.39, 0.29) is 0 Å². The number of rotatable bonds is 3. The summed E-state index contributed by atoms with van der Waals surface area (Å²) in [6.45, 7) is 5.52. The van der Waals surface area contributed by atoms with Crippen molar-refractivity contribution < 1.29 is 4.74 Å². The topological polar surface area (TPSA) is 38.5 Å². The van der Waals surface area contributed by atoms with Crippen molar-refractivity contribution in [2.45, 2.75) is 51.2 Å². The van der Waals surface area contributed by atoms with Crippen molar-refractivity contribution in [2.24, 2.45) is 17.6 Å². The highest BCUT2D eigenvalue weighted by molar-refractivity contribution is 4.88. The van der Waals surface area contributed by atoms with Crippen molar-refractivity contribution in [3.63, 3.8) is 0 Å². The number of hydrogen-bond acceptors (Lipinski definition) is 3. The fourth-order valence-corrected chi connectivity index (χ4v) is 3.61. The molecule has 1 saturated heterocycles. The van der Waals surface area contributed by atoms with Crippen molar-refractivity contribution in [3.8, 4) is 0 Å². The summed E-state index contributed by atoms with van der Waals surface area (Å²) >= 11 is 0. The molecule has 0 bridgehead atoms. The van der Waals surface area contributed by atoms with Crippen molar-refractivity contribution in [2.75, 3.05) is 26.7 Å². The molecule has 1 aliphatic carbocycles. The summed E-state index contributed by atoms with van der Waals surface area (Å²) in [4.78, 5) is 2.66. The molecule has 0 spiro atoms. The zero-order valence-corrected chi connectivity index (χ0v) is 11.4. The van der Waals surface area contributed by atoms with Crippen molar-refractivity contribution >= 4 is 0 Å². The zero-order valence-electron chi connectivity index (χ0n) is 11.4. The average Bonchev–Trinajstić information content (AvgIpc) is 2.39. The molecule has 2 N–H and O–H groups in total. The molecule has 1 saturated carbocycles. The lowest BCUT2D eigenvalue weighted by Gasteiger charge is -2.45. The van der Waals surface area contributed by atoms with E-state index in [2.05, 4.69) is 11.8 Å². The first-order chi connectivity index (χ1) is 8.26. The molecule has 0 radical (unpaired) electrons. The second-order valence-electron chi connectivity index (χ2n) is 5.88. The summed E-state index contributed by atoms with van der Waals surface area (Å²) in [6.07, 6.45) is 7.11. The van der Waals surface area contributed by atoms with Gasteiger partial charge in [0.1, 0.15) is 0 Å². The Morgan fingerprint density at radius 3 is 2.71 bits per heavy atom. The average molecular weight is 240 g/mol. The van der Waals surface area contributed by atoms with Gasteiger partial charge in [0.05, 0.1) is 6.10 Å². The van der Waals surface area contributed by atoms with Gasteiger partial charge in [0.25, 0.3) is 0 Å². The van der Waals surface area contributed by atoms with Gasteiger partial charge in [-0.2, -0.15) is 0 Å². The molecule has 3 heteroatoms. The Hall–Kier alpha value is -0.120. The Kier molecular flexibility index (Phi) is 4.83. The maximum Gasteiger partial charge on any atom is 0.0724 e. The van der Waals surface area contributed by atoms with E-state index in [0.717, 1.165) is 25.0 Å². The predicted molar refractivity (Wildman–Crippen MR) is 71.0 cm³/mol. The fourth-order valence-electron chi connectivity index (χ4n) is 3.61. The predicted octanol–water partition coefficient (Wildman–Crippen LogP) is 1.86. The van der Waals surface area contributed by atoms with Gasteiger partial charge < -0.3 is 10.5 Å². The molecule has 1 heterocycles. The van der Waals surface area contributed by atoms with Gasteiger partial charge in [0.15, 0.2) is 0 Å². The second kappa shape index (κ2) is 6.17. The van der Waals surface area contributed by atoms with Gasteiger partial charge in [0, 0.05) is 19.7 Å². The van der Waals surface area contributed by atoms with Gasteiger partial charge in [-0.25, -0.2) is 0 Å². The van der Waals surface area contributed by atoms with Crippen LogP contribution in [0.15, 0.2) is 0 Å². The lowest BCUT2D eigenvalue weighted by Crippen LogP contribution is -2.52. The highest BCUT2D eigenvalue weighted by Crippen LogP contribution is 2.31. The van der Waals surface area contributed by atoms with Crippen LogP contribution >= 0.6 is 0 Å². The minimum Gasteiger partial charge on any atom is -0.380 e. The minimum atomic E-state index is 0.420. The highest BCUT2D eigenvalue weighted by Gasteiger charge is 2.34. The molecule has 0 amide bonds. The minimum absolute atomic E-state index is 0.420. The standard InChI is InChI=1S/C14H28N2O/c1-11-7-8-16(10-14(11)17-2)13-6-4-3-5-12(13)9-15/h11-14H,3-10,15H2,1-2H3. The van der Waals surface area contributed by atoms with Crippen LogP contribution in [0.1, 0.15) is 39.0 Å². The summed E-state index contributed by atoms with van der Waals surface area (Å²) in [5, 5.41) is 0. The Bertz CT molecular complexity index is 234. The van der Waals surface area contributed by atoms with Gasteiger partial charge >= 0.3 is 0 Å². The number of likely N-dealkylation sites (tertiary alicyclic amines) is 1. The Labute approximate surface area is 106 Å². The molecule has 0 aromatic carbocycles. The second-order valence-corrected chi connectivity index (χ2v) is 5.88. The van der Waals surface area contributed by atoms with Gasteiger partial charge in [-0.3, -0.25) is 4.90 Å². The van der Waals surface area contributed by atoms with Crippen LogP contribution in [0.2, 0.25) is 0 Å². The van der Waals surface area contributed by atoms with E-state index in [1.54, 1.807) is 0 Å². The molecule has 2 rings (SSSR count). The summed E-state index contributed by atoms with van der Waals surface area (Å²) in [5.74, 6) is 1.42. The molecule has 0 aromatic rings. The Morgan fingerprint density at radius 2 is 2.00 bits per heavy atom. The molecule has 17 heavy (non-hydrogen) atoms. The molecular weight excluding hydrogens is 212 g/mol. The molecule has 2 aliphatic rings. The molecule has 1 aliphatic heterocycles. The maximum atomic E-state index is 5.94. The van der Waals surface area contributed by atoms with Crippen molar-refractivity contribution in [1.82, 2.24) is 4.90 Å². The third kappa shape index (κ3) is 3.01. The first-order valence-electron chi connectivity index (χ1n) is 7.23. The molecule has 3 nitrogen and oxygen atoms in total. The van der Waals surface area contributed by atoms with Crippen LogP contribution < -0.4 is 5.73 Å². The number of ether oxygens (including phenoxy) is 1. The van der Waals surface area contributed by atoms with E-state index in [0.29, 0.717) is 12.0 Å². The van der Waals surface area contributed by atoms with Gasteiger partial charge in [-0.05, 0) is 44.2 Å². The first kappa shape index (κ1) is 13.3. The fraction of sp³-hybridized carbons (Fsp3) is 1.00. The molecule has 4 atom stereocenters. The van der Waals surface area contributed by atoms with Gasteiger partial charge in [-0.15, -0.1) is 0 Å². The Morgan fingerprint density at radius 1 is 1.24 bits per heavy atom. The zero-order chi connectivity index (χ0) is 12.3. The van der Waals surface area contributed by atoms with E-state index in [1.807, 2.05) is 7.11 Å². The number of nitrogens with two attached hydrogens (primary N) is 1. The van der Waals surface area contributed by atoms with Crippen LogP contribution in [0.25, 0.3) is 0 Å². The van der Waals surface area contributed by atoms with Crippen molar-refractivity contribution in [1.29, 1.82) is 0 Å². The monoisotopic (exact) mass is 240 g/mol. The summed E-state index contributed by atoms with van der Waals surface area (Å²) in [6, 6.07) is 0.721. The van der Waals surface area contributed by atoms with Crippen molar-refractivity contribution in [3.05, 3.63) is 0 Å². The molecular formula is C14H28N2O. The van der Waals surface area contributed by atoms with Crippen LogP contribution in [0.4, 0.5) is 0 Å². The van der Waals surface area contributed by atoms with Crippen LogP contribution in [-0.2, 0) is 4.74 Å². The third-order valence-electron chi connectivity index (χ3n) is 4.86. The quantitative estimate of drug-likeness (QED) is 0.818. The van der Waals surface area contributed by atoms with Crippen LogP contribution in [-0.4, -0.2) is 43.8 Å². The SMILES string of the molecule is COC1CN(C2CCCCC2CN)CCC1C. The lowest BCUT2D eigenvalue weighted by molar-refractivity contribution is -0.0337. The van der Waals surface area contributed by atoms with E-state index < -0.39 is 0 Å². The van der Waals surface area contributed by atoms with Gasteiger partial charge in [-0.1, -0.05) is 19.8 Å². The number of methoxy groups -OCH3 is 1. The number of nitrogens with zero attached hydrogens (tertiary/aromatic N) is 1. The molecule has 2 fully saturated rings. The normalized spacial score (nSPS) is 40.4. The first-order valence-corrected chi connectivity index (χ1v) is 7.23. The van der Waals surface area contributed by atoms with E-state index >= 15 is 0 Å². The molecule has 0 aromatic heterocycles. The van der Waals surface area contributed by atoms with Crippen LogP contribution in [0.3, 0.4) is 0 Å².